The highest BCUT2D eigenvalue weighted by atomic mass is 32.2. The number of aliphatic imine (C=N–C) groups is 1. The predicted molar refractivity (Wildman–Crippen MR) is 125 cm³/mol. The minimum Gasteiger partial charge on any atom is -0.478 e. The largest absolute Gasteiger partial charge is 0.478 e. The van der Waals surface area contributed by atoms with E-state index in [9.17, 15) is 24.6 Å². The van der Waals surface area contributed by atoms with E-state index < -0.39 is 11.9 Å². The molecular formula is C24H18N2O6S. The molecule has 1 amide bonds. The molecule has 0 atom stereocenters. The van der Waals surface area contributed by atoms with Gasteiger partial charge in [-0.1, -0.05) is 18.2 Å². The molecule has 0 saturated carbocycles. The minimum atomic E-state index is -1.05. The van der Waals surface area contributed by atoms with Crippen molar-refractivity contribution in [2.75, 3.05) is 6.54 Å². The Morgan fingerprint density at radius 2 is 1.73 bits per heavy atom. The standard InChI is InChI=1S/C24H18N2O6S/c1-2-26-21(27)20(33-24(26)25-17-8-4-7-16(12-17)23(30)31)13-18-9-10-19(32-18)14-5-3-6-15(11-14)22(28)29/h3-13H,2H2,1H3,(H,28,29)(H,30,31)/b20-13+,25-24?. The lowest BCUT2D eigenvalue weighted by Gasteiger charge is -2.12. The number of hydrogen-bond donors (Lipinski definition) is 2. The first-order valence-corrected chi connectivity index (χ1v) is 10.7. The predicted octanol–water partition coefficient (Wildman–Crippen LogP) is 4.97. The molecule has 2 heterocycles. The molecule has 1 saturated heterocycles. The van der Waals surface area contributed by atoms with Gasteiger partial charge in [0.2, 0.25) is 0 Å². The normalized spacial score (nSPS) is 16.0. The fourth-order valence-electron chi connectivity index (χ4n) is 3.21. The fraction of sp³-hybridized carbons (Fsp3) is 0.0833. The number of carbonyl (C=O) groups excluding carboxylic acids is 1. The van der Waals surface area contributed by atoms with Crippen LogP contribution in [0.2, 0.25) is 0 Å². The number of carboxylic acids is 2. The lowest BCUT2D eigenvalue weighted by molar-refractivity contribution is -0.122. The number of amides is 1. The van der Waals surface area contributed by atoms with Gasteiger partial charge in [-0.3, -0.25) is 9.69 Å². The van der Waals surface area contributed by atoms with Crippen molar-refractivity contribution in [2.24, 2.45) is 4.99 Å². The third kappa shape index (κ3) is 4.73. The maximum absolute atomic E-state index is 12.9. The summed E-state index contributed by atoms with van der Waals surface area (Å²) in [5, 5.41) is 18.8. The van der Waals surface area contributed by atoms with Crippen LogP contribution in [0.3, 0.4) is 0 Å². The highest BCUT2D eigenvalue weighted by Crippen LogP contribution is 2.35. The molecule has 3 aromatic rings. The summed E-state index contributed by atoms with van der Waals surface area (Å²) >= 11 is 1.17. The van der Waals surface area contributed by atoms with Crippen LogP contribution in [0.15, 0.2) is 75.0 Å². The molecule has 33 heavy (non-hydrogen) atoms. The van der Waals surface area contributed by atoms with Gasteiger partial charge in [0, 0.05) is 18.2 Å². The van der Waals surface area contributed by atoms with Crippen LogP contribution in [-0.4, -0.2) is 44.7 Å². The van der Waals surface area contributed by atoms with E-state index in [0.717, 1.165) is 0 Å². The van der Waals surface area contributed by atoms with E-state index in [2.05, 4.69) is 4.99 Å². The Balaban J connectivity index is 1.61. The Morgan fingerprint density at radius 3 is 2.42 bits per heavy atom. The molecule has 2 aromatic carbocycles. The second-order valence-electron chi connectivity index (χ2n) is 7.00. The van der Waals surface area contributed by atoms with Gasteiger partial charge in [0.1, 0.15) is 11.5 Å². The Morgan fingerprint density at radius 1 is 1.03 bits per heavy atom. The van der Waals surface area contributed by atoms with Crippen molar-refractivity contribution >= 4 is 46.5 Å². The quantitative estimate of drug-likeness (QED) is 0.496. The number of carbonyl (C=O) groups is 3. The summed E-state index contributed by atoms with van der Waals surface area (Å²) in [6, 6.07) is 16.0. The Labute approximate surface area is 192 Å². The summed E-state index contributed by atoms with van der Waals surface area (Å²) in [4.78, 5) is 41.7. The summed E-state index contributed by atoms with van der Waals surface area (Å²) < 4.78 is 5.82. The minimum absolute atomic E-state index is 0.111. The molecular weight excluding hydrogens is 444 g/mol. The van der Waals surface area contributed by atoms with Gasteiger partial charge in [-0.2, -0.15) is 0 Å². The summed E-state index contributed by atoms with van der Waals surface area (Å²) in [6.45, 7) is 2.22. The third-order valence-electron chi connectivity index (χ3n) is 4.82. The zero-order valence-electron chi connectivity index (χ0n) is 17.4. The molecule has 4 rings (SSSR count). The molecule has 0 unspecified atom stereocenters. The lowest BCUT2D eigenvalue weighted by Crippen LogP contribution is -2.28. The summed E-state index contributed by atoms with van der Waals surface area (Å²) in [5.74, 6) is -1.40. The first-order chi connectivity index (χ1) is 15.9. The van der Waals surface area contributed by atoms with Crippen molar-refractivity contribution in [3.63, 3.8) is 0 Å². The highest BCUT2D eigenvalue weighted by molar-refractivity contribution is 8.18. The summed E-state index contributed by atoms with van der Waals surface area (Å²) in [6.07, 6.45) is 1.61. The first kappa shape index (κ1) is 22.1. The maximum Gasteiger partial charge on any atom is 0.335 e. The van der Waals surface area contributed by atoms with E-state index in [-0.39, 0.29) is 17.0 Å². The molecule has 1 aliphatic rings. The molecule has 9 heteroatoms. The molecule has 0 aliphatic carbocycles. The number of nitrogens with zero attached hydrogens (tertiary/aromatic N) is 2. The SMILES string of the molecule is CCN1C(=O)/C(=C\c2ccc(-c3cccc(C(=O)O)c3)o2)SC1=Nc1cccc(C(=O)O)c1. The van der Waals surface area contributed by atoms with E-state index in [1.54, 1.807) is 42.5 Å². The van der Waals surface area contributed by atoms with Gasteiger partial charge in [-0.15, -0.1) is 0 Å². The number of likely N-dealkylation sites (N-methyl/N-ethyl adjacent to an activating group) is 1. The number of carboxylic acid groups (broad SMARTS) is 2. The van der Waals surface area contributed by atoms with Crippen LogP contribution < -0.4 is 0 Å². The average Bonchev–Trinajstić information content (AvgIpc) is 3.38. The molecule has 1 aliphatic heterocycles. The Kier molecular flexibility index (Phi) is 6.14. The highest BCUT2D eigenvalue weighted by Gasteiger charge is 2.32. The lowest BCUT2D eigenvalue weighted by atomic mass is 10.1. The van der Waals surface area contributed by atoms with Gasteiger partial charge >= 0.3 is 11.9 Å². The van der Waals surface area contributed by atoms with Crippen LogP contribution in [0.4, 0.5) is 5.69 Å². The second kappa shape index (κ2) is 9.17. The van der Waals surface area contributed by atoms with Crippen molar-refractivity contribution in [1.82, 2.24) is 4.90 Å². The van der Waals surface area contributed by atoms with E-state index in [0.29, 0.717) is 39.4 Å². The summed E-state index contributed by atoms with van der Waals surface area (Å²) in [5.41, 5.74) is 1.31. The molecule has 166 valence electrons. The number of aromatic carboxylic acids is 2. The van der Waals surface area contributed by atoms with Crippen molar-refractivity contribution in [3.05, 3.63) is 82.5 Å². The zero-order valence-corrected chi connectivity index (χ0v) is 18.2. The Hall–Kier alpha value is -4.11. The molecule has 0 spiro atoms. The smallest absolute Gasteiger partial charge is 0.335 e. The topological polar surface area (TPSA) is 120 Å². The van der Waals surface area contributed by atoms with Crippen molar-refractivity contribution in [2.45, 2.75) is 6.92 Å². The van der Waals surface area contributed by atoms with Crippen LogP contribution in [0.25, 0.3) is 17.4 Å². The van der Waals surface area contributed by atoms with Gasteiger partial charge in [0.05, 0.1) is 21.7 Å². The van der Waals surface area contributed by atoms with Crippen LogP contribution in [0, 0.1) is 0 Å². The zero-order chi connectivity index (χ0) is 23.5. The van der Waals surface area contributed by atoms with Crippen molar-refractivity contribution in [3.8, 4) is 11.3 Å². The van der Waals surface area contributed by atoms with Crippen LogP contribution >= 0.6 is 11.8 Å². The van der Waals surface area contributed by atoms with E-state index in [4.69, 9.17) is 4.42 Å². The number of benzene rings is 2. The molecule has 0 radical (unpaired) electrons. The number of thioether (sulfide) groups is 1. The maximum atomic E-state index is 12.9. The van der Waals surface area contributed by atoms with Gasteiger partial charge in [-0.05, 0) is 61.2 Å². The van der Waals surface area contributed by atoms with Gasteiger partial charge in [-0.25, -0.2) is 14.6 Å². The summed E-state index contributed by atoms with van der Waals surface area (Å²) in [7, 11) is 0. The fourth-order valence-corrected chi connectivity index (χ4v) is 4.25. The number of hydrogen-bond acceptors (Lipinski definition) is 6. The molecule has 2 N–H and O–H groups in total. The van der Waals surface area contributed by atoms with Crippen LogP contribution in [0.5, 0.6) is 0 Å². The van der Waals surface area contributed by atoms with Crippen LogP contribution in [-0.2, 0) is 4.79 Å². The molecule has 0 bridgehead atoms. The van der Waals surface area contributed by atoms with Crippen molar-refractivity contribution in [1.29, 1.82) is 0 Å². The van der Waals surface area contributed by atoms with E-state index in [1.807, 2.05) is 6.92 Å². The van der Waals surface area contributed by atoms with Crippen LogP contribution in [0.1, 0.15) is 33.4 Å². The number of rotatable bonds is 6. The van der Waals surface area contributed by atoms with Crippen molar-refractivity contribution < 1.29 is 29.0 Å². The monoisotopic (exact) mass is 462 g/mol. The van der Waals surface area contributed by atoms with Gasteiger partial charge in [0.15, 0.2) is 5.17 Å². The van der Waals surface area contributed by atoms with Gasteiger partial charge in [0.25, 0.3) is 5.91 Å². The third-order valence-corrected chi connectivity index (χ3v) is 5.82. The molecule has 1 fully saturated rings. The van der Waals surface area contributed by atoms with E-state index in [1.165, 1.54) is 40.9 Å². The van der Waals surface area contributed by atoms with Gasteiger partial charge < -0.3 is 14.6 Å². The molecule has 8 nitrogen and oxygen atoms in total. The number of furan rings is 1. The average molecular weight is 462 g/mol. The Bertz CT molecular complexity index is 1320. The van der Waals surface area contributed by atoms with E-state index >= 15 is 0 Å². The molecule has 1 aromatic heterocycles. The first-order valence-electron chi connectivity index (χ1n) is 9.92. The second-order valence-corrected chi connectivity index (χ2v) is 8.01. The number of amidine groups is 1.